The van der Waals surface area contributed by atoms with Gasteiger partial charge in [0.1, 0.15) is 108 Å². The van der Waals surface area contributed by atoms with E-state index in [0.717, 1.165) is 43.7 Å². The van der Waals surface area contributed by atoms with Crippen LogP contribution in [0.3, 0.4) is 0 Å². The lowest BCUT2D eigenvalue weighted by Gasteiger charge is -2.16. The second-order valence-electron chi connectivity index (χ2n) is 28.6. The number of rotatable bonds is 30. The van der Waals surface area contributed by atoms with Crippen molar-refractivity contribution in [3.05, 3.63) is 444 Å². The van der Waals surface area contributed by atoms with Crippen molar-refractivity contribution in [3.8, 4) is 28.7 Å². The van der Waals surface area contributed by atoms with Gasteiger partial charge in [-0.25, -0.2) is 36.9 Å². The molecule has 131 heavy (non-hydrogen) atoms. The van der Waals surface area contributed by atoms with Gasteiger partial charge in [0.25, 0.3) is 29.5 Å². The van der Waals surface area contributed by atoms with Gasteiger partial charge in [0.2, 0.25) is 0 Å². The van der Waals surface area contributed by atoms with Crippen LogP contribution in [0.25, 0.3) is 5.52 Å². The van der Waals surface area contributed by atoms with Crippen molar-refractivity contribution in [1.82, 2.24) is 60.7 Å². The number of carbonyl (C=O) groups is 5. The van der Waals surface area contributed by atoms with E-state index < -0.39 is 17.1 Å². The van der Waals surface area contributed by atoms with Gasteiger partial charge in [0, 0.05) is 109 Å². The van der Waals surface area contributed by atoms with Crippen LogP contribution in [0.5, 0.6) is 28.7 Å². The van der Waals surface area contributed by atoms with Crippen molar-refractivity contribution in [1.29, 1.82) is 0 Å². The number of aryl methyl sites for hydroxylation is 1. The van der Waals surface area contributed by atoms with E-state index >= 15 is 0 Å². The third kappa shape index (κ3) is 29.7. The zero-order valence-electron chi connectivity index (χ0n) is 70.2. The topological polar surface area (TPSA) is 268 Å². The number of nitrogens with one attached hydrogen (secondary N) is 5. The van der Waals surface area contributed by atoms with E-state index in [4.69, 9.17) is 23.7 Å². The minimum Gasteiger partial charge on any atom is -0.489 e. The number of H-pyrrole nitrogens is 1. The maximum atomic E-state index is 13.6. The second kappa shape index (κ2) is 47.7. The summed E-state index contributed by atoms with van der Waals surface area (Å²) in [5.74, 6) is 0.239. The molecule has 16 rings (SSSR count). The summed E-state index contributed by atoms with van der Waals surface area (Å²) in [7, 11) is 1.48. The monoisotopic (exact) mass is 1820 g/mol. The summed E-state index contributed by atoms with van der Waals surface area (Å²) < 4.78 is 135. The maximum Gasteiger partial charge on any atom is 0.443 e. The van der Waals surface area contributed by atoms with Gasteiger partial charge in [-0.15, -0.1) is 22.7 Å². The van der Waals surface area contributed by atoms with E-state index in [1.807, 2.05) is 78.2 Å². The summed E-state index contributed by atoms with van der Waals surface area (Å²) in [6.07, 6.45) is 5.07. The molecular formula is C99H84F8N12O10S2. The fraction of sp³-hybridized carbons (Fsp3) is 0.131. The molecule has 16 aromatic rings. The van der Waals surface area contributed by atoms with Crippen LogP contribution in [0.4, 0.5) is 35.1 Å². The Hall–Kier alpha value is -15.7. The Morgan fingerprint density at radius 2 is 0.786 bits per heavy atom. The highest BCUT2D eigenvalue weighted by molar-refractivity contribution is 7.10. The minimum absolute atomic E-state index is 0.0791. The first-order valence-electron chi connectivity index (χ1n) is 40.4. The van der Waals surface area contributed by atoms with Crippen LogP contribution >= 0.6 is 22.7 Å². The minimum atomic E-state index is -4.57. The lowest BCUT2D eigenvalue weighted by atomic mass is 10.2. The van der Waals surface area contributed by atoms with E-state index in [0.29, 0.717) is 117 Å². The van der Waals surface area contributed by atoms with E-state index in [1.165, 1.54) is 72.2 Å². The number of ether oxygens (including phenoxy) is 5. The maximum absolute atomic E-state index is 13.6. The Bertz CT molecular complexity index is 6380. The van der Waals surface area contributed by atoms with Gasteiger partial charge < -0.3 is 54.3 Å². The molecule has 0 spiro atoms. The molecule has 0 aliphatic rings. The molecule has 0 aliphatic heterocycles. The fourth-order valence-electron chi connectivity index (χ4n) is 11.9. The standard InChI is InChI=1S/C22H18FN3O2.C20H16F4N2O2S.C20H17FN2O2.C19H17FN2O2S.C18H16FN3O2/c23-20-6-2-1-4-17(20)14-28-19-9-7-16(8-10-19)13-24-22(27)21-12-18-5-3-11-26(18)15-25-21;1-26(18(27)17-12-29-19(25-17)20(22,23)24)10-13-6-8-15(9-7-13)28-11-14-4-2-3-5-16(14)21;21-19-6-2-1-4-17(19)14-25-18-9-7-15(8-10-18)12-23-20(24)16-5-3-11-22-13-16;1-13-22-18(12-25-13)19(23)21-10-14-6-8-16(9-7-14)24-11-15-4-2-3-5-17(15)20;19-17-4-2-1-3-14(17)12-24-16-7-5-13(6-8-16)9-20-18(23)15-10-21-22-11-15/h1-12,15H,13-14H2,(H,24,27);2-9,12H,10-11H2,1H3;1-11,13H,12,14H2,(H,23,24);2-9,12H,10-11H2,1H3,(H,21,23);1-8,10-11H,9,12H2,(H,20,23)(H,21,22). The number of alkyl halides is 3. The summed E-state index contributed by atoms with van der Waals surface area (Å²) >= 11 is 1.83. The highest BCUT2D eigenvalue weighted by atomic mass is 32.1. The van der Waals surface area contributed by atoms with Gasteiger partial charge in [0.05, 0.1) is 28.7 Å². The zero-order valence-corrected chi connectivity index (χ0v) is 71.9. The molecule has 5 amide bonds. The van der Waals surface area contributed by atoms with E-state index in [1.54, 1.807) is 200 Å². The molecule has 0 atom stereocenters. The first kappa shape index (κ1) is 94.4. The third-order valence-corrected chi connectivity index (χ3v) is 20.8. The summed E-state index contributed by atoms with van der Waals surface area (Å²) in [4.78, 5) is 77.2. The van der Waals surface area contributed by atoms with Crippen LogP contribution in [0.1, 0.15) is 118 Å². The molecular weight excluding hydrogens is 1730 g/mol. The van der Waals surface area contributed by atoms with Crippen LogP contribution in [0, 0.1) is 36.0 Å². The van der Waals surface area contributed by atoms with Crippen LogP contribution in [-0.2, 0) is 71.9 Å². The number of fused-ring (bicyclic) bond motifs is 1. The SMILES string of the molecule is CN(Cc1ccc(OCc2ccccc2F)cc1)C(=O)c1csc(C(F)(F)F)n1.Cc1nc(C(=O)NCc2ccc(OCc3ccccc3F)cc2)cs1.O=C(NCc1ccc(OCc2ccccc2F)cc1)c1cc2cccn2cn1.O=C(NCc1ccc(OCc2ccccc2F)cc1)c1cccnc1.O=C(NCc1ccc(OCc2ccccc2F)cc1)c1cn[nH]c1. The molecule has 6 aromatic heterocycles. The number of halogens is 8. The molecule has 0 unspecified atom stereocenters. The average Bonchev–Trinajstić information content (AvgIpc) is 1.70. The molecule has 0 bridgehead atoms. The molecule has 10 aromatic carbocycles. The number of amides is 5. The first-order chi connectivity index (χ1) is 63.5. The molecule has 6 heterocycles. The van der Waals surface area contributed by atoms with Gasteiger partial charge in [-0.05, 0) is 156 Å². The molecule has 5 N–H and O–H groups in total. The zero-order chi connectivity index (χ0) is 92.3. The lowest BCUT2D eigenvalue weighted by molar-refractivity contribution is -0.137. The summed E-state index contributed by atoms with van der Waals surface area (Å²) in [6.45, 7) is 4.39. The van der Waals surface area contributed by atoms with Gasteiger partial charge in [-0.3, -0.25) is 34.1 Å². The first-order valence-corrected chi connectivity index (χ1v) is 42.2. The number of pyridine rings is 1. The highest BCUT2D eigenvalue weighted by Crippen LogP contribution is 2.32. The van der Waals surface area contributed by atoms with E-state index in [9.17, 15) is 59.1 Å². The van der Waals surface area contributed by atoms with Gasteiger partial charge in [-0.2, -0.15) is 18.3 Å². The predicted octanol–water partition coefficient (Wildman–Crippen LogP) is 20.0. The summed E-state index contributed by atoms with van der Waals surface area (Å²) in [6, 6.07) is 77.4. The largest absolute Gasteiger partial charge is 0.489 e. The predicted molar refractivity (Wildman–Crippen MR) is 478 cm³/mol. The second-order valence-corrected chi connectivity index (χ2v) is 30.6. The quantitative estimate of drug-likeness (QED) is 0.0262. The number of nitrogens with zero attached hydrogens (tertiary/aromatic N) is 7. The molecule has 0 saturated carbocycles. The normalized spacial score (nSPS) is 10.7. The molecule has 22 nitrogen and oxygen atoms in total. The van der Waals surface area contributed by atoms with E-state index in [-0.39, 0.29) is 98.0 Å². The summed E-state index contributed by atoms with van der Waals surface area (Å²) in [5, 5.41) is 20.3. The number of carbonyl (C=O) groups excluding carboxylic acids is 5. The molecule has 0 fully saturated rings. The van der Waals surface area contributed by atoms with Crippen molar-refractivity contribution in [2.45, 2.75) is 78.9 Å². The third-order valence-electron chi connectivity index (χ3n) is 19.1. The van der Waals surface area contributed by atoms with Crippen LogP contribution in [0.15, 0.2) is 321 Å². The van der Waals surface area contributed by atoms with Crippen molar-refractivity contribution >= 4 is 57.7 Å². The molecule has 0 aliphatic carbocycles. The Labute approximate surface area is 755 Å². The summed E-state index contributed by atoms with van der Waals surface area (Å²) in [5.41, 5.74) is 9.46. The molecule has 668 valence electrons. The number of hydrogen-bond acceptors (Lipinski definition) is 17. The Morgan fingerprint density at radius 1 is 0.412 bits per heavy atom. The van der Waals surface area contributed by atoms with Crippen LogP contribution < -0.4 is 45.0 Å². The smallest absolute Gasteiger partial charge is 0.443 e. The Morgan fingerprint density at radius 3 is 1.14 bits per heavy atom. The highest BCUT2D eigenvalue weighted by Gasteiger charge is 2.36. The van der Waals surface area contributed by atoms with Crippen LogP contribution in [0.2, 0.25) is 0 Å². The van der Waals surface area contributed by atoms with Crippen molar-refractivity contribution in [2.75, 3.05) is 7.05 Å². The number of aromatic amines is 1. The average molecular weight is 1820 g/mol. The number of aromatic nitrogens is 7. The fourth-order valence-corrected chi connectivity index (χ4v) is 13.2. The van der Waals surface area contributed by atoms with Gasteiger partial charge in [0.15, 0.2) is 5.01 Å². The van der Waals surface area contributed by atoms with Crippen molar-refractivity contribution < 1.29 is 82.8 Å². The molecule has 32 heteroatoms. The van der Waals surface area contributed by atoms with Crippen molar-refractivity contribution in [3.63, 3.8) is 0 Å². The van der Waals surface area contributed by atoms with Crippen LogP contribution in [-0.4, -0.2) is 76.0 Å². The van der Waals surface area contributed by atoms with Crippen molar-refractivity contribution in [2.24, 2.45) is 0 Å². The number of benzene rings is 10. The van der Waals surface area contributed by atoms with E-state index in [2.05, 4.69) is 51.4 Å². The molecule has 0 radical (unpaired) electrons. The molecule has 0 saturated heterocycles. The van der Waals surface area contributed by atoms with Gasteiger partial charge in [-0.1, -0.05) is 152 Å². The number of thiazole rings is 2. The number of hydrogen-bond donors (Lipinski definition) is 5. The van der Waals surface area contributed by atoms with Gasteiger partial charge >= 0.3 is 6.18 Å². The Balaban J connectivity index is 0.000000148. The Kier molecular flexibility index (Phi) is 34.4. The lowest BCUT2D eigenvalue weighted by Crippen LogP contribution is -2.26.